The number of unbranched alkanes of at least 4 members (excludes halogenated alkanes) is 1. The highest BCUT2D eigenvalue weighted by molar-refractivity contribution is 6.02. The van der Waals surface area contributed by atoms with Crippen LogP contribution in [0.2, 0.25) is 0 Å². The van der Waals surface area contributed by atoms with Crippen molar-refractivity contribution in [3.05, 3.63) is 63.9 Å². The second-order valence-electron chi connectivity index (χ2n) is 6.68. The fourth-order valence-electron chi connectivity index (χ4n) is 3.13. The molecule has 0 saturated heterocycles. The number of hydrogen-bond donors (Lipinski definition) is 3. The molecular weight excluding hydrogens is 386 g/mol. The maximum atomic E-state index is 13.0. The number of nitrogens with zero attached hydrogens (tertiary/aromatic N) is 2. The molecule has 1 aromatic heterocycles. The number of aromatic hydroxyl groups is 2. The maximum absolute atomic E-state index is 13.0. The number of carbonyl (C=O) groups excluding carboxylic acids is 1. The predicted octanol–water partition coefficient (Wildman–Crippen LogP) is 2.99. The minimum Gasteiger partial charge on any atom is -0.506 e. The molecule has 3 N–H and O–H groups in total. The second kappa shape index (κ2) is 9.13. The van der Waals surface area contributed by atoms with Crippen molar-refractivity contribution in [1.82, 2.24) is 9.99 Å². The van der Waals surface area contributed by atoms with Crippen molar-refractivity contribution in [1.29, 1.82) is 0 Å². The van der Waals surface area contributed by atoms with Gasteiger partial charge in [-0.05, 0) is 42.3 Å². The summed E-state index contributed by atoms with van der Waals surface area (Å²) >= 11 is 0. The molecule has 3 rings (SSSR count). The quantitative estimate of drug-likeness (QED) is 0.410. The second-order valence-corrected chi connectivity index (χ2v) is 6.68. The zero-order valence-electron chi connectivity index (χ0n) is 16.8. The largest absolute Gasteiger partial charge is 0.506 e. The van der Waals surface area contributed by atoms with Gasteiger partial charge in [0.15, 0.2) is 11.5 Å². The van der Waals surface area contributed by atoms with Gasteiger partial charge in [0.25, 0.3) is 11.5 Å². The molecule has 2 aromatic carbocycles. The van der Waals surface area contributed by atoms with Crippen molar-refractivity contribution >= 4 is 23.0 Å². The Morgan fingerprint density at radius 1 is 1.23 bits per heavy atom. The number of pyridine rings is 1. The first-order valence-electron chi connectivity index (χ1n) is 9.52. The van der Waals surface area contributed by atoms with E-state index >= 15 is 0 Å². The van der Waals surface area contributed by atoms with Gasteiger partial charge in [0, 0.05) is 11.9 Å². The minimum atomic E-state index is -0.810. The number of benzene rings is 2. The first-order chi connectivity index (χ1) is 14.5. The van der Waals surface area contributed by atoms with Gasteiger partial charge in [-0.25, -0.2) is 5.43 Å². The first kappa shape index (κ1) is 20.9. The number of hydrazone groups is 1. The zero-order chi connectivity index (χ0) is 21.7. The molecule has 3 aromatic rings. The Morgan fingerprint density at radius 2 is 2.00 bits per heavy atom. The zero-order valence-corrected chi connectivity index (χ0v) is 16.8. The third kappa shape index (κ3) is 4.12. The van der Waals surface area contributed by atoms with E-state index in [9.17, 15) is 19.8 Å². The summed E-state index contributed by atoms with van der Waals surface area (Å²) in [5.74, 6) is -0.943. The van der Waals surface area contributed by atoms with Gasteiger partial charge in [0.2, 0.25) is 0 Å². The molecule has 156 valence electrons. The van der Waals surface area contributed by atoms with E-state index in [-0.39, 0.29) is 22.8 Å². The van der Waals surface area contributed by atoms with Crippen LogP contribution in [0.25, 0.3) is 10.9 Å². The molecule has 0 aliphatic rings. The van der Waals surface area contributed by atoms with Crippen LogP contribution in [0.15, 0.2) is 52.4 Å². The number of phenolic OH excluding ortho intramolecular Hbond substituents is 1. The van der Waals surface area contributed by atoms with E-state index in [2.05, 4.69) is 10.5 Å². The number of carbonyl (C=O) groups is 1. The monoisotopic (exact) mass is 409 g/mol. The third-order valence-corrected chi connectivity index (χ3v) is 4.69. The summed E-state index contributed by atoms with van der Waals surface area (Å²) in [4.78, 5) is 25.6. The Labute approximate surface area is 173 Å². The summed E-state index contributed by atoms with van der Waals surface area (Å²) in [7, 11) is 1.42. The molecule has 0 aliphatic heterocycles. The summed E-state index contributed by atoms with van der Waals surface area (Å²) in [5, 5.41) is 24.5. The fraction of sp³-hybridized carbons (Fsp3) is 0.227. The molecule has 0 atom stereocenters. The summed E-state index contributed by atoms with van der Waals surface area (Å²) in [6.45, 7) is 2.45. The van der Waals surface area contributed by atoms with Gasteiger partial charge in [-0.2, -0.15) is 5.10 Å². The predicted molar refractivity (Wildman–Crippen MR) is 114 cm³/mol. The lowest BCUT2D eigenvalue weighted by atomic mass is 10.1. The van der Waals surface area contributed by atoms with Crippen LogP contribution in [0, 0.1) is 0 Å². The topological polar surface area (TPSA) is 113 Å². The lowest BCUT2D eigenvalue weighted by Gasteiger charge is -2.14. The Balaban J connectivity index is 1.94. The van der Waals surface area contributed by atoms with Crippen LogP contribution in [-0.2, 0) is 6.54 Å². The number of aryl methyl sites for hydroxylation is 1. The van der Waals surface area contributed by atoms with Crippen LogP contribution < -0.4 is 15.7 Å². The van der Waals surface area contributed by atoms with Crippen molar-refractivity contribution < 1.29 is 19.7 Å². The number of aromatic nitrogens is 1. The number of rotatable bonds is 7. The van der Waals surface area contributed by atoms with Crippen molar-refractivity contribution in [2.24, 2.45) is 5.10 Å². The molecule has 0 radical (unpaired) electrons. The van der Waals surface area contributed by atoms with Gasteiger partial charge < -0.3 is 19.5 Å². The van der Waals surface area contributed by atoms with Gasteiger partial charge in [0.1, 0.15) is 11.3 Å². The minimum absolute atomic E-state index is 0.0209. The van der Waals surface area contributed by atoms with E-state index in [0.29, 0.717) is 23.0 Å². The Hall–Kier alpha value is -3.81. The van der Waals surface area contributed by atoms with Crippen LogP contribution >= 0.6 is 0 Å². The molecule has 0 bridgehead atoms. The molecule has 0 unspecified atom stereocenters. The number of phenols is 1. The lowest BCUT2D eigenvalue weighted by molar-refractivity contribution is 0.0950. The van der Waals surface area contributed by atoms with Crippen molar-refractivity contribution in [2.45, 2.75) is 26.3 Å². The third-order valence-electron chi connectivity index (χ3n) is 4.69. The summed E-state index contributed by atoms with van der Waals surface area (Å²) in [6, 6.07) is 11.5. The van der Waals surface area contributed by atoms with Gasteiger partial charge in [-0.15, -0.1) is 0 Å². The number of hydrogen-bond acceptors (Lipinski definition) is 6. The molecule has 8 nitrogen and oxygen atoms in total. The standard InChI is InChI=1S/C22H23N3O5/c1-3-4-11-25-16-8-6-5-7-15(16)20(27)19(22(25)29)21(28)24-23-13-14-9-10-17(26)18(12-14)30-2/h5-10,12-13,26-27H,3-4,11H2,1-2H3,(H,24,28)/b23-13+. The molecule has 0 aliphatic carbocycles. The van der Waals surface area contributed by atoms with Gasteiger partial charge in [0.05, 0.1) is 18.8 Å². The van der Waals surface area contributed by atoms with Gasteiger partial charge >= 0.3 is 0 Å². The molecule has 30 heavy (non-hydrogen) atoms. The van der Waals surface area contributed by atoms with E-state index in [0.717, 1.165) is 12.8 Å². The number of ether oxygens (including phenoxy) is 1. The van der Waals surface area contributed by atoms with E-state index in [4.69, 9.17) is 4.74 Å². The van der Waals surface area contributed by atoms with E-state index in [1.54, 1.807) is 30.3 Å². The van der Waals surface area contributed by atoms with E-state index < -0.39 is 11.5 Å². The molecule has 0 fully saturated rings. The van der Waals surface area contributed by atoms with Crippen molar-refractivity contribution in [3.8, 4) is 17.2 Å². The number of para-hydroxylation sites is 1. The average molecular weight is 409 g/mol. The number of nitrogens with one attached hydrogen (secondary N) is 1. The molecule has 0 spiro atoms. The fourth-order valence-corrected chi connectivity index (χ4v) is 3.13. The van der Waals surface area contributed by atoms with Crippen LogP contribution in [-0.4, -0.2) is 34.0 Å². The highest BCUT2D eigenvalue weighted by atomic mass is 16.5. The number of amides is 1. The van der Waals surface area contributed by atoms with Crippen LogP contribution in [0.3, 0.4) is 0 Å². The molecule has 8 heteroatoms. The van der Waals surface area contributed by atoms with Crippen LogP contribution in [0.4, 0.5) is 0 Å². The van der Waals surface area contributed by atoms with Crippen LogP contribution in [0.1, 0.15) is 35.7 Å². The van der Waals surface area contributed by atoms with E-state index in [1.807, 2.05) is 6.92 Å². The summed E-state index contributed by atoms with van der Waals surface area (Å²) < 4.78 is 6.53. The Kier molecular flexibility index (Phi) is 6.36. The van der Waals surface area contributed by atoms with Crippen molar-refractivity contribution in [2.75, 3.05) is 7.11 Å². The van der Waals surface area contributed by atoms with Crippen molar-refractivity contribution in [3.63, 3.8) is 0 Å². The van der Waals surface area contributed by atoms with Gasteiger partial charge in [-0.3, -0.25) is 9.59 Å². The molecule has 1 amide bonds. The Morgan fingerprint density at radius 3 is 2.73 bits per heavy atom. The SMILES string of the molecule is CCCCn1c(=O)c(C(=O)N/N=C/c2ccc(O)c(OC)c2)c(O)c2ccccc21. The maximum Gasteiger partial charge on any atom is 0.280 e. The number of methoxy groups -OCH3 is 1. The summed E-state index contributed by atoms with van der Waals surface area (Å²) in [6.07, 6.45) is 2.98. The summed E-state index contributed by atoms with van der Waals surface area (Å²) in [5.41, 5.74) is 2.49. The highest BCUT2D eigenvalue weighted by Crippen LogP contribution is 2.27. The average Bonchev–Trinajstić information content (AvgIpc) is 2.75. The lowest BCUT2D eigenvalue weighted by Crippen LogP contribution is -2.31. The molecule has 0 saturated carbocycles. The molecular formula is C22H23N3O5. The molecule has 1 heterocycles. The number of fused-ring (bicyclic) bond motifs is 1. The van der Waals surface area contributed by atoms with Crippen LogP contribution in [0.5, 0.6) is 17.2 Å². The Bertz CT molecular complexity index is 1170. The normalized spacial score (nSPS) is 11.1. The smallest absolute Gasteiger partial charge is 0.280 e. The van der Waals surface area contributed by atoms with Gasteiger partial charge in [-0.1, -0.05) is 25.5 Å². The highest BCUT2D eigenvalue weighted by Gasteiger charge is 2.21. The van der Waals surface area contributed by atoms with E-state index in [1.165, 1.54) is 30.0 Å². The first-order valence-corrected chi connectivity index (χ1v) is 9.52.